The molecule has 1 aromatic rings. The fraction of sp³-hybridized carbons (Fsp3) is 0.143. The highest BCUT2D eigenvalue weighted by atomic mass is 79.9. The largest absolute Gasteiger partial charge is 0.371 e. The van der Waals surface area contributed by atoms with Gasteiger partial charge in [-0.1, -0.05) is 6.07 Å². The normalized spacial score (nSPS) is 14.0. The Balaban J connectivity index is 3.16. The molecular weight excluding hydrogens is 279 g/mol. The van der Waals surface area contributed by atoms with E-state index in [9.17, 15) is 12.8 Å². The molecule has 4 nitrogen and oxygen atoms in total. The van der Waals surface area contributed by atoms with Gasteiger partial charge in [0.1, 0.15) is 5.82 Å². The molecule has 0 bridgehead atoms. The van der Waals surface area contributed by atoms with Gasteiger partial charge in [-0.15, -0.1) is 0 Å². The third kappa shape index (κ3) is 2.50. The molecule has 1 atom stereocenters. The molecule has 0 amide bonds. The summed E-state index contributed by atoms with van der Waals surface area (Å²) in [5.74, 6) is -0.587. The van der Waals surface area contributed by atoms with Crippen LogP contribution in [0.25, 0.3) is 0 Å². The monoisotopic (exact) mass is 284 g/mol. The van der Waals surface area contributed by atoms with Crippen molar-refractivity contribution >= 4 is 26.0 Å². The average molecular weight is 285 g/mol. The van der Waals surface area contributed by atoms with Crippen LogP contribution in [0.2, 0.25) is 0 Å². The summed E-state index contributed by atoms with van der Waals surface area (Å²) >= 11 is 2.82. The van der Waals surface area contributed by atoms with Gasteiger partial charge in [0.25, 0.3) is 10.1 Å². The van der Waals surface area contributed by atoms with E-state index in [1.165, 1.54) is 0 Å². The number of aliphatic hydroxyl groups excluding tert-OH is 1. The van der Waals surface area contributed by atoms with E-state index in [1.54, 1.807) is 0 Å². The van der Waals surface area contributed by atoms with Crippen molar-refractivity contribution in [2.75, 3.05) is 0 Å². The molecule has 0 saturated carbocycles. The molecule has 0 saturated heterocycles. The van der Waals surface area contributed by atoms with E-state index in [0.717, 1.165) is 18.2 Å². The Labute approximate surface area is 88.3 Å². The number of rotatable bonds is 2. The van der Waals surface area contributed by atoms with Crippen molar-refractivity contribution in [1.29, 1.82) is 0 Å². The Morgan fingerprint density at radius 3 is 2.43 bits per heavy atom. The lowest BCUT2D eigenvalue weighted by molar-refractivity contribution is 0.238. The van der Waals surface area contributed by atoms with Gasteiger partial charge >= 0.3 is 0 Å². The summed E-state index contributed by atoms with van der Waals surface area (Å²) in [4.78, 5) is 0. The van der Waals surface area contributed by atoms with Gasteiger partial charge in [0.05, 0.1) is 4.47 Å². The van der Waals surface area contributed by atoms with Crippen molar-refractivity contribution in [3.05, 3.63) is 34.1 Å². The highest BCUT2D eigenvalue weighted by molar-refractivity contribution is 9.10. The zero-order valence-electron chi connectivity index (χ0n) is 6.68. The van der Waals surface area contributed by atoms with Crippen molar-refractivity contribution < 1.29 is 22.5 Å². The topological polar surface area (TPSA) is 74.6 Å². The van der Waals surface area contributed by atoms with E-state index in [1.807, 2.05) is 0 Å². The summed E-state index contributed by atoms with van der Waals surface area (Å²) in [5, 5.41) is 9.09. The molecule has 0 aliphatic rings. The molecule has 1 rings (SSSR count). The van der Waals surface area contributed by atoms with Crippen LogP contribution in [0, 0.1) is 5.82 Å². The third-order valence-electron chi connectivity index (χ3n) is 1.51. The van der Waals surface area contributed by atoms with Crippen molar-refractivity contribution in [3.63, 3.8) is 0 Å². The summed E-state index contributed by atoms with van der Waals surface area (Å²) in [5.41, 5.74) is -2.17. The second kappa shape index (κ2) is 3.93. The van der Waals surface area contributed by atoms with E-state index in [4.69, 9.17) is 9.66 Å². The molecule has 0 heterocycles. The van der Waals surface area contributed by atoms with E-state index in [-0.39, 0.29) is 10.0 Å². The molecule has 0 spiro atoms. The molecule has 78 valence electrons. The predicted molar refractivity (Wildman–Crippen MR) is 50.6 cm³/mol. The summed E-state index contributed by atoms with van der Waals surface area (Å²) in [6, 6.07) is 3.13. The smallest absolute Gasteiger partial charge is 0.296 e. The van der Waals surface area contributed by atoms with Crippen molar-refractivity contribution in [1.82, 2.24) is 0 Å². The highest BCUT2D eigenvalue weighted by Gasteiger charge is 2.22. The van der Waals surface area contributed by atoms with Crippen LogP contribution in [-0.4, -0.2) is 18.1 Å². The quantitative estimate of drug-likeness (QED) is 0.807. The van der Waals surface area contributed by atoms with Crippen LogP contribution in [0.15, 0.2) is 22.7 Å². The Bertz CT molecular complexity index is 445. The molecule has 0 fully saturated rings. The fourth-order valence-electron chi connectivity index (χ4n) is 0.838. The molecule has 14 heavy (non-hydrogen) atoms. The lowest BCUT2D eigenvalue weighted by Crippen LogP contribution is -2.11. The second-order valence-electron chi connectivity index (χ2n) is 2.54. The van der Waals surface area contributed by atoms with E-state index >= 15 is 0 Å². The van der Waals surface area contributed by atoms with Gasteiger partial charge in [-0.2, -0.15) is 8.42 Å². The summed E-state index contributed by atoms with van der Waals surface area (Å²) in [7, 11) is -4.57. The fourth-order valence-corrected chi connectivity index (χ4v) is 1.73. The maximum absolute atomic E-state index is 12.7. The number of benzene rings is 1. The van der Waals surface area contributed by atoms with Crippen molar-refractivity contribution in [2.24, 2.45) is 0 Å². The van der Waals surface area contributed by atoms with E-state index in [0.29, 0.717) is 0 Å². The van der Waals surface area contributed by atoms with Crippen molar-refractivity contribution in [3.8, 4) is 0 Å². The lowest BCUT2D eigenvalue weighted by atomic mass is 10.2. The number of halogens is 2. The Kier molecular flexibility index (Phi) is 3.25. The van der Waals surface area contributed by atoms with Crippen molar-refractivity contribution in [2.45, 2.75) is 5.44 Å². The zero-order chi connectivity index (χ0) is 10.9. The molecule has 1 unspecified atom stereocenters. The summed E-state index contributed by atoms with van der Waals surface area (Å²) in [6.45, 7) is 0. The van der Waals surface area contributed by atoms with Gasteiger partial charge in [-0.3, -0.25) is 4.55 Å². The van der Waals surface area contributed by atoms with Crippen LogP contribution in [0.1, 0.15) is 11.0 Å². The first-order valence-electron chi connectivity index (χ1n) is 3.41. The van der Waals surface area contributed by atoms with Crippen LogP contribution < -0.4 is 0 Å². The first-order valence-corrected chi connectivity index (χ1v) is 5.71. The third-order valence-corrected chi connectivity index (χ3v) is 2.96. The zero-order valence-corrected chi connectivity index (χ0v) is 9.09. The number of hydrogen-bond acceptors (Lipinski definition) is 3. The van der Waals surface area contributed by atoms with Gasteiger partial charge in [0.15, 0.2) is 0 Å². The first kappa shape index (κ1) is 11.6. The molecule has 2 N–H and O–H groups in total. The standard InChI is InChI=1S/C7H6BrFO4S/c8-5-3-4(1-2-6(5)9)7(10)14(11,12)13/h1-3,7,10H,(H,11,12,13). The lowest BCUT2D eigenvalue weighted by Gasteiger charge is -2.07. The molecule has 0 aliphatic heterocycles. The van der Waals surface area contributed by atoms with Gasteiger partial charge in [0, 0.05) is 0 Å². The molecule has 7 heteroatoms. The second-order valence-corrected chi connectivity index (χ2v) is 4.87. The van der Waals surface area contributed by atoms with Crippen LogP contribution >= 0.6 is 15.9 Å². The predicted octanol–water partition coefficient (Wildman–Crippen LogP) is 1.47. The average Bonchev–Trinajstić information content (AvgIpc) is 2.07. The van der Waals surface area contributed by atoms with E-state index in [2.05, 4.69) is 15.9 Å². The molecular formula is C7H6BrFO4S. The van der Waals surface area contributed by atoms with E-state index < -0.39 is 21.4 Å². The summed E-state index contributed by atoms with van der Waals surface area (Å²) < 4.78 is 42.3. The Morgan fingerprint density at radius 2 is 2.00 bits per heavy atom. The van der Waals surface area contributed by atoms with Crippen LogP contribution in [-0.2, 0) is 10.1 Å². The van der Waals surface area contributed by atoms with Gasteiger partial charge in [-0.05, 0) is 33.6 Å². The minimum Gasteiger partial charge on any atom is -0.371 e. The first-order chi connectivity index (χ1) is 6.32. The Hall–Kier alpha value is -0.500. The number of aliphatic hydroxyl groups is 1. The Morgan fingerprint density at radius 1 is 1.43 bits per heavy atom. The minimum absolute atomic E-state index is 0.0118. The summed E-state index contributed by atoms with van der Waals surface area (Å²) in [6.07, 6.45) is 0. The highest BCUT2D eigenvalue weighted by Crippen LogP contribution is 2.23. The van der Waals surface area contributed by atoms with Crippen LogP contribution in [0.5, 0.6) is 0 Å². The number of hydrogen-bond donors (Lipinski definition) is 2. The van der Waals surface area contributed by atoms with Gasteiger partial charge < -0.3 is 5.11 Å². The van der Waals surface area contributed by atoms with Gasteiger partial charge in [-0.25, -0.2) is 4.39 Å². The molecule has 0 aromatic heterocycles. The maximum Gasteiger partial charge on any atom is 0.296 e. The minimum atomic E-state index is -4.57. The molecule has 0 radical (unpaired) electrons. The van der Waals surface area contributed by atoms with Crippen LogP contribution in [0.4, 0.5) is 4.39 Å². The molecule has 0 aliphatic carbocycles. The maximum atomic E-state index is 12.7. The van der Waals surface area contributed by atoms with Gasteiger partial charge in [0.2, 0.25) is 5.44 Å². The molecule has 1 aromatic carbocycles. The SMILES string of the molecule is O=S(=O)(O)C(O)c1ccc(F)c(Br)c1. The van der Waals surface area contributed by atoms with Crippen LogP contribution in [0.3, 0.4) is 0 Å².